The third-order valence-electron chi connectivity index (χ3n) is 2.67. The Morgan fingerprint density at radius 1 is 1.38 bits per heavy atom. The molecule has 5 heteroatoms. The summed E-state index contributed by atoms with van der Waals surface area (Å²) in [5.74, 6) is -0.603. The van der Waals surface area contributed by atoms with Gasteiger partial charge in [-0.3, -0.25) is 0 Å². The normalized spacial score (nSPS) is 14.9. The van der Waals surface area contributed by atoms with E-state index in [1.165, 1.54) is 33.2 Å². The summed E-state index contributed by atoms with van der Waals surface area (Å²) in [7, 11) is 2.68. The molecule has 16 heavy (non-hydrogen) atoms. The first kappa shape index (κ1) is 12.8. The number of benzene rings is 1. The van der Waals surface area contributed by atoms with Crippen LogP contribution in [0.15, 0.2) is 18.2 Å². The molecule has 0 saturated heterocycles. The van der Waals surface area contributed by atoms with Gasteiger partial charge in [0.05, 0.1) is 12.7 Å². The highest BCUT2D eigenvalue weighted by molar-refractivity contribution is 5.40. The minimum atomic E-state index is -2.75. The van der Waals surface area contributed by atoms with Gasteiger partial charge in [0.1, 0.15) is 17.1 Å². The molecular weight excluding hydrogens is 219 g/mol. The maximum Gasteiger partial charge on any atom is 0.260 e. The molecule has 0 bridgehead atoms. The lowest BCUT2D eigenvalue weighted by Gasteiger charge is -2.30. The van der Waals surface area contributed by atoms with Crippen molar-refractivity contribution in [3.63, 3.8) is 0 Å². The Balaban J connectivity index is 3.40. The van der Waals surface area contributed by atoms with Gasteiger partial charge >= 0.3 is 0 Å². The molecule has 0 saturated carbocycles. The molecule has 2 nitrogen and oxygen atoms in total. The Bertz CT molecular complexity index is 370. The van der Waals surface area contributed by atoms with Crippen LogP contribution in [0.5, 0.6) is 5.75 Å². The number of methoxy groups -OCH3 is 1. The van der Waals surface area contributed by atoms with E-state index in [-0.39, 0.29) is 11.3 Å². The summed E-state index contributed by atoms with van der Waals surface area (Å²) in [4.78, 5) is 0. The van der Waals surface area contributed by atoms with Crippen LogP contribution in [0.2, 0.25) is 0 Å². The zero-order valence-corrected chi connectivity index (χ0v) is 9.35. The Kier molecular flexibility index (Phi) is 3.80. The van der Waals surface area contributed by atoms with E-state index < -0.39 is 17.8 Å². The number of hydrogen-bond donors (Lipinski definition) is 1. The van der Waals surface area contributed by atoms with Crippen LogP contribution in [0.25, 0.3) is 0 Å². The van der Waals surface area contributed by atoms with Gasteiger partial charge in [-0.25, -0.2) is 13.2 Å². The molecule has 0 aliphatic rings. The Labute approximate surface area is 92.4 Å². The summed E-state index contributed by atoms with van der Waals surface area (Å²) in [6.45, 7) is 1.23. The lowest BCUT2D eigenvalue weighted by Crippen LogP contribution is -2.44. The summed E-state index contributed by atoms with van der Waals surface area (Å²) in [5, 5.41) is 2.44. The maximum atomic E-state index is 13.6. The summed E-state index contributed by atoms with van der Waals surface area (Å²) < 4.78 is 44.5. The summed E-state index contributed by atoms with van der Waals surface area (Å²) in [5.41, 5.74) is -1.92. The highest BCUT2D eigenvalue weighted by atomic mass is 19.3. The van der Waals surface area contributed by atoms with E-state index in [0.29, 0.717) is 0 Å². The SMILES string of the molecule is CNC(C)(c1c(F)cccc1OC)C(F)F. The molecule has 0 heterocycles. The van der Waals surface area contributed by atoms with E-state index >= 15 is 0 Å². The second-order valence-electron chi connectivity index (χ2n) is 3.57. The van der Waals surface area contributed by atoms with Gasteiger partial charge in [-0.05, 0) is 26.1 Å². The molecule has 0 spiro atoms. The molecule has 0 amide bonds. The minimum Gasteiger partial charge on any atom is -0.496 e. The summed E-state index contributed by atoms with van der Waals surface area (Å²) in [6.07, 6.45) is -2.75. The van der Waals surface area contributed by atoms with E-state index in [1.54, 1.807) is 0 Å². The predicted octanol–water partition coefficient (Wildman–Crippen LogP) is 2.53. The Morgan fingerprint density at radius 3 is 2.44 bits per heavy atom. The average molecular weight is 233 g/mol. The van der Waals surface area contributed by atoms with Gasteiger partial charge in [-0.15, -0.1) is 0 Å². The Hall–Kier alpha value is -1.23. The quantitative estimate of drug-likeness (QED) is 0.862. The molecule has 1 aromatic carbocycles. The molecule has 1 aromatic rings. The molecule has 1 N–H and O–H groups in total. The monoisotopic (exact) mass is 233 g/mol. The highest BCUT2D eigenvalue weighted by Crippen LogP contribution is 2.36. The van der Waals surface area contributed by atoms with Crippen molar-refractivity contribution in [1.82, 2.24) is 5.32 Å². The fourth-order valence-corrected chi connectivity index (χ4v) is 1.52. The van der Waals surface area contributed by atoms with Crippen LogP contribution in [-0.4, -0.2) is 20.6 Å². The van der Waals surface area contributed by atoms with Gasteiger partial charge in [0.15, 0.2) is 0 Å². The first-order valence-corrected chi connectivity index (χ1v) is 4.77. The lowest BCUT2D eigenvalue weighted by molar-refractivity contribution is 0.0395. The zero-order valence-electron chi connectivity index (χ0n) is 9.35. The first-order valence-electron chi connectivity index (χ1n) is 4.77. The van der Waals surface area contributed by atoms with Crippen molar-refractivity contribution >= 4 is 0 Å². The van der Waals surface area contributed by atoms with Crippen molar-refractivity contribution in [3.8, 4) is 5.75 Å². The zero-order chi connectivity index (χ0) is 12.3. The summed E-state index contributed by atoms with van der Waals surface area (Å²) in [6, 6.07) is 4.01. The van der Waals surface area contributed by atoms with E-state index in [2.05, 4.69) is 5.32 Å². The lowest BCUT2D eigenvalue weighted by atomic mass is 9.91. The van der Waals surface area contributed by atoms with Crippen molar-refractivity contribution in [1.29, 1.82) is 0 Å². The van der Waals surface area contributed by atoms with Crippen LogP contribution in [0.4, 0.5) is 13.2 Å². The van der Waals surface area contributed by atoms with Crippen molar-refractivity contribution in [2.75, 3.05) is 14.2 Å². The number of rotatable bonds is 4. The van der Waals surface area contributed by atoms with E-state index in [1.807, 2.05) is 0 Å². The second-order valence-corrected chi connectivity index (χ2v) is 3.57. The molecular formula is C11H14F3NO. The smallest absolute Gasteiger partial charge is 0.260 e. The molecule has 1 atom stereocenters. The number of ether oxygens (including phenoxy) is 1. The summed E-state index contributed by atoms with van der Waals surface area (Å²) >= 11 is 0. The van der Waals surface area contributed by atoms with Crippen LogP contribution in [0.1, 0.15) is 12.5 Å². The number of hydrogen-bond acceptors (Lipinski definition) is 2. The fraction of sp³-hybridized carbons (Fsp3) is 0.455. The van der Waals surface area contributed by atoms with Gasteiger partial charge in [0.2, 0.25) is 0 Å². The number of alkyl halides is 2. The molecule has 1 unspecified atom stereocenters. The predicted molar refractivity (Wildman–Crippen MR) is 55.4 cm³/mol. The number of halogens is 3. The largest absolute Gasteiger partial charge is 0.496 e. The fourth-order valence-electron chi connectivity index (χ4n) is 1.52. The molecule has 90 valence electrons. The minimum absolute atomic E-state index is 0.108. The molecule has 0 aliphatic heterocycles. The Morgan fingerprint density at radius 2 is 2.00 bits per heavy atom. The highest BCUT2D eigenvalue weighted by Gasteiger charge is 2.40. The van der Waals surface area contributed by atoms with Crippen LogP contribution >= 0.6 is 0 Å². The topological polar surface area (TPSA) is 21.3 Å². The molecule has 1 rings (SSSR count). The van der Waals surface area contributed by atoms with Crippen molar-refractivity contribution in [2.45, 2.75) is 18.9 Å². The van der Waals surface area contributed by atoms with Crippen molar-refractivity contribution < 1.29 is 17.9 Å². The van der Waals surface area contributed by atoms with E-state index in [9.17, 15) is 13.2 Å². The first-order chi connectivity index (χ1) is 7.47. The number of nitrogens with one attached hydrogen (secondary N) is 1. The van der Waals surface area contributed by atoms with Gasteiger partial charge in [0, 0.05) is 0 Å². The van der Waals surface area contributed by atoms with Gasteiger partial charge in [-0.2, -0.15) is 0 Å². The standard InChI is InChI=1S/C11H14F3NO/c1-11(15-2,10(13)14)9-7(12)5-4-6-8(9)16-3/h4-6,10,15H,1-3H3. The van der Waals surface area contributed by atoms with Crippen LogP contribution < -0.4 is 10.1 Å². The average Bonchev–Trinajstić information content (AvgIpc) is 2.27. The van der Waals surface area contributed by atoms with Crippen molar-refractivity contribution in [3.05, 3.63) is 29.6 Å². The van der Waals surface area contributed by atoms with Gasteiger partial charge < -0.3 is 10.1 Å². The molecule has 0 fully saturated rings. The maximum absolute atomic E-state index is 13.6. The molecule has 0 aromatic heterocycles. The third-order valence-corrected chi connectivity index (χ3v) is 2.67. The van der Waals surface area contributed by atoms with Crippen LogP contribution in [0, 0.1) is 5.82 Å². The van der Waals surface area contributed by atoms with Crippen molar-refractivity contribution in [2.24, 2.45) is 0 Å². The molecule has 0 radical (unpaired) electrons. The van der Waals surface area contributed by atoms with Crippen LogP contribution in [-0.2, 0) is 5.54 Å². The van der Waals surface area contributed by atoms with Crippen LogP contribution in [0.3, 0.4) is 0 Å². The van der Waals surface area contributed by atoms with Gasteiger partial charge in [-0.1, -0.05) is 6.07 Å². The van der Waals surface area contributed by atoms with E-state index in [0.717, 1.165) is 6.07 Å². The third kappa shape index (κ3) is 2.00. The van der Waals surface area contributed by atoms with E-state index in [4.69, 9.17) is 4.74 Å². The molecule has 0 aliphatic carbocycles. The van der Waals surface area contributed by atoms with Gasteiger partial charge in [0.25, 0.3) is 6.43 Å². The second kappa shape index (κ2) is 4.74.